The average molecular weight is 564 g/mol. The maximum absolute atomic E-state index is 15.2. The molecule has 0 radical (unpaired) electrons. The van der Waals surface area contributed by atoms with E-state index in [1.54, 1.807) is 20.3 Å². The van der Waals surface area contributed by atoms with E-state index in [2.05, 4.69) is 18.5 Å². The molecule has 2 aliphatic rings. The molecule has 2 aliphatic carbocycles. The van der Waals surface area contributed by atoms with E-state index in [4.69, 9.17) is 19.6 Å². The number of halogens is 1. The van der Waals surface area contributed by atoms with Crippen molar-refractivity contribution in [2.24, 2.45) is 22.7 Å². The van der Waals surface area contributed by atoms with Crippen molar-refractivity contribution in [3.05, 3.63) is 61.4 Å². The Balaban J connectivity index is 2.33. The topological polar surface area (TPSA) is 100 Å². The second-order valence-electron chi connectivity index (χ2n) is 9.58. The van der Waals surface area contributed by atoms with Gasteiger partial charge in [-0.05, 0) is 38.4 Å². The van der Waals surface area contributed by atoms with Crippen LogP contribution in [0.2, 0.25) is 0 Å². The summed E-state index contributed by atoms with van der Waals surface area (Å²) in [6.45, 7) is 9.84. The first-order valence-corrected chi connectivity index (χ1v) is 14.3. The van der Waals surface area contributed by atoms with Crippen molar-refractivity contribution in [2.45, 2.75) is 50.6 Å². The minimum atomic E-state index is -1.34. The Bertz CT molecular complexity index is 982. The summed E-state index contributed by atoms with van der Waals surface area (Å²) in [6.07, 6.45) is 14.8. The van der Waals surface area contributed by atoms with Gasteiger partial charge in [0.2, 0.25) is 5.91 Å². The molecule has 0 bridgehead atoms. The smallest absolute Gasteiger partial charge is 0.322 e. The number of allylic oxidation sites excluding steroid dienone is 1. The second kappa shape index (κ2) is 16.4. The van der Waals surface area contributed by atoms with E-state index in [0.717, 1.165) is 0 Å². The van der Waals surface area contributed by atoms with Crippen LogP contribution in [0.25, 0.3) is 0 Å². The summed E-state index contributed by atoms with van der Waals surface area (Å²) in [6, 6.07) is -0.632. The SMILES string of the molecule is C=CC(F)C(/C=C\C)N(CC1C=C[C@@H](C(=O)NCC(=O)O)CC1)/C(=N/C(=C)C1CC(OC)C=CC1OC)SC. The van der Waals surface area contributed by atoms with Crippen molar-refractivity contribution in [1.82, 2.24) is 10.2 Å². The molecule has 0 aromatic rings. The Labute approximate surface area is 235 Å². The number of methoxy groups -OCH3 is 2. The number of rotatable bonds is 13. The Kier molecular flexibility index (Phi) is 13.7. The third-order valence-corrected chi connectivity index (χ3v) is 7.71. The van der Waals surface area contributed by atoms with Gasteiger partial charge in [-0.1, -0.05) is 60.9 Å². The normalized spacial score (nSPS) is 26.7. The fraction of sp³-hybridized carbons (Fsp3) is 0.552. The number of nitrogens with one attached hydrogen (secondary N) is 1. The third kappa shape index (κ3) is 9.47. The molecule has 0 aromatic carbocycles. The highest BCUT2D eigenvalue weighted by atomic mass is 32.2. The van der Waals surface area contributed by atoms with Gasteiger partial charge in [0.1, 0.15) is 12.7 Å². The van der Waals surface area contributed by atoms with E-state index >= 15 is 4.39 Å². The fourth-order valence-electron chi connectivity index (χ4n) is 4.85. The van der Waals surface area contributed by atoms with Crippen LogP contribution in [0.3, 0.4) is 0 Å². The van der Waals surface area contributed by atoms with Gasteiger partial charge in [-0.3, -0.25) is 9.59 Å². The molecule has 0 saturated carbocycles. The lowest BCUT2D eigenvalue weighted by molar-refractivity contribution is -0.138. The number of amides is 1. The molecular formula is C29H42FN3O5S. The quantitative estimate of drug-likeness (QED) is 0.195. The van der Waals surface area contributed by atoms with Gasteiger partial charge in [-0.25, -0.2) is 9.38 Å². The summed E-state index contributed by atoms with van der Waals surface area (Å²) in [5.74, 6) is -1.85. The van der Waals surface area contributed by atoms with E-state index in [1.807, 2.05) is 48.5 Å². The Morgan fingerprint density at radius 3 is 2.54 bits per heavy atom. The number of alkyl halides is 1. The number of aliphatic carboxylic acids is 1. The van der Waals surface area contributed by atoms with Gasteiger partial charge in [0.05, 0.1) is 24.2 Å². The van der Waals surface area contributed by atoms with Crippen molar-refractivity contribution in [2.75, 3.05) is 33.6 Å². The number of aliphatic imine (C=N–C) groups is 1. The Morgan fingerprint density at radius 2 is 2.00 bits per heavy atom. The highest BCUT2D eigenvalue weighted by Crippen LogP contribution is 2.32. The zero-order chi connectivity index (χ0) is 28.9. The lowest BCUT2D eigenvalue weighted by Gasteiger charge is -2.37. The number of carbonyl (C=O) groups excluding carboxylic acids is 1. The van der Waals surface area contributed by atoms with E-state index in [0.29, 0.717) is 36.7 Å². The summed E-state index contributed by atoms with van der Waals surface area (Å²) in [7, 11) is 3.31. The second-order valence-corrected chi connectivity index (χ2v) is 10.4. The lowest BCUT2D eigenvalue weighted by Crippen LogP contribution is -2.46. The third-order valence-electron chi connectivity index (χ3n) is 7.02. The molecular weight excluding hydrogens is 521 g/mol. The van der Waals surface area contributed by atoms with Crippen molar-refractivity contribution >= 4 is 28.8 Å². The number of carbonyl (C=O) groups is 2. The zero-order valence-electron chi connectivity index (χ0n) is 23.3. The molecule has 0 saturated heterocycles. The minimum Gasteiger partial charge on any atom is -0.480 e. The number of hydrogen-bond donors (Lipinski definition) is 2. The summed E-state index contributed by atoms with van der Waals surface area (Å²) in [4.78, 5) is 29.9. The molecule has 2 rings (SSSR count). The van der Waals surface area contributed by atoms with E-state index in [1.165, 1.54) is 17.8 Å². The largest absolute Gasteiger partial charge is 0.480 e. The van der Waals surface area contributed by atoms with Gasteiger partial charge in [-0.2, -0.15) is 0 Å². The van der Waals surface area contributed by atoms with Crippen LogP contribution in [-0.4, -0.2) is 85.0 Å². The number of hydrogen-bond acceptors (Lipinski definition) is 6. The van der Waals surface area contributed by atoms with Crippen LogP contribution in [0, 0.1) is 17.8 Å². The molecule has 6 unspecified atom stereocenters. The van der Waals surface area contributed by atoms with E-state index < -0.39 is 30.6 Å². The van der Waals surface area contributed by atoms with Crippen LogP contribution in [-0.2, 0) is 19.1 Å². The average Bonchev–Trinajstić information content (AvgIpc) is 2.95. The maximum Gasteiger partial charge on any atom is 0.322 e. The molecule has 0 aromatic heterocycles. The van der Waals surface area contributed by atoms with Crippen molar-refractivity contribution in [3.63, 3.8) is 0 Å². The van der Waals surface area contributed by atoms with Crippen LogP contribution in [0.15, 0.2) is 66.4 Å². The Hall–Kier alpha value is -2.69. The summed E-state index contributed by atoms with van der Waals surface area (Å²) >= 11 is 1.42. The number of carboxylic acids is 1. The first kappa shape index (κ1) is 32.5. The van der Waals surface area contributed by atoms with E-state index in [9.17, 15) is 9.59 Å². The van der Waals surface area contributed by atoms with Crippen LogP contribution in [0.1, 0.15) is 26.2 Å². The number of amidine groups is 1. The molecule has 0 fully saturated rings. The van der Waals surface area contributed by atoms with Gasteiger partial charge in [-0.15, -0.1) is 6.58 Å². The molecule has 10 heteroatoms. The number of nitrogens with zero attached hydrogens (tertiary/aromatic N) is 2. The van der Waals surface area contributed by atoms with Crippen molar-refractivity contribution < 1.29 is 28.6 Å². The maximum atomic E-state index is 15.2. The number of ether oxygens (including phenoxy) is 2. The first-order valence-electron chi connectivity index (χ1n) is 13.1. The predicted octanol–water partition coefficient (Wildman–Crippen LogP) is 4.38. The lowest BCUT2D eigenvalue weighted by atomic mass is 9.87. The molecule has 216 valence electrons. The molecule has 7 atom stereocenters. The van der Waals surface area contributed by atoms with Gasteiger partial charge in [0, 0.05) is 32.4 Å². The van der Waals surface area contributed by atoms with E-state index in [-0.39, 0.29) is 30.0 Å². The Morgan fingerprint density at radius 1 is 1.26 bits per heavy atom. The molecule has 0 heterocycles. The van der Waals surface area contributed by atoms with Crippen molar-refractivity contribution in [1.29, 1.82) is 0 Å². The molecule has 0 spiro atoms. The first-order chi connectivity index (χ1) is 18.7. The molecule has 39 heavy (non-hydrogen) atoms. The number of thioether (sulfide) groups is 1. The van der Waals surface area contributed by atoms with Crippen LogP contribution in [0.4, 0.5) is 4.39 Å². The number of carboxylic acid groups (broad SMARTS) is 1. The van der Waals surface area contributed by atoms with Crippen LogP contribution >= 0.6 is 11.8 Å². The molecule has 0 aliphatic heterocycles. The van der Waals surface area contributed by atoms with Gasteiger partial charge in [0.15, 0.2) is 5.17 Å². The minimum absolute atomic E-state index is 0.0334. The molecule has 2 N–H and O–H groups in total. The van der Waals surface area contributed by atoms with Crippen molar-refractivity contribution in [3.8, 4) is 0 Å². The molecule has 8 nitrogen and oxygen atoms in total. The summed E-state index contributed by atoms with van der Waals surface area (Å²) in [5, 5.41) is 11.9. The van der Waals surface area contributed by atoms with Gasteiger partial charge < -0.3 is 24.8 Å². The summed E-state index contributed by atoms with van der Waals surface area (Å²) < 4.78 is 26.4. The zero-order valence-corrected chi connectivity index (χ0v) is 24.1. The van der Waals surface area contributed by atoms with Gasteiger partial charge >= 0.3 is 5.97 Å². The molecule has 1 amide bonds. The highest BCUT2D eigenvalue weighted by molar-refractivity contribution is 8.13. The van der Waals surface area contributed by atoms with Gasteiger partial charge in [0.25, 0.3) is 0 Å². The van der Waals surface area contributed by atoms with Crippen LogP contribution < -0.4 is 5.32 Å². The highest BCUT2D eigenvalue weighted by Gasteiger charge is 2.32. The standard InChI is InChI=1S/C29H42FN3O5S/c1-7-9-25(24(30)8-2)33(18-20-10-12-21(13-11-20)28(36)31-17-27(34)35)29(39-6)32-19(3)23-16-22(37-4)14-15-26(23)38-5/h7-10,12,14-15,20-26H,2-3,11,13,16-18H2,1,4-6H3,(H,31,36)(H,34,35)/b9-7-,32-29-/t20?,21-,22?,23?,24?,25?,26?/m1/s1. The predicted molar refractivity (Wildman–Crippen MR) is 155 cm³/mol. The van der Waals surface area contributed by atoms with Crippen LogP contribution in [0.5, 0.6) is 0 Å². The fourth-order valence-corrected chi connectivity index (χ4v) is 5.49. The monoisotopic (exact) mass is 563 g/mol. The summed E-state index contributed by atoms with van der Waals surface area (Å²) in [5.41, 5.74) is 0.630.